The molecule has 35 heavy (non-hydrogen) atoms. The molecule has 1 aliphatic carbocycles. The molecule has 1 aliphatic rings. The molecule has 0 fully saturated rings. The number of alkyl halides is 4. The van der Waals surface area contributed by atoms with E-state index >= 15 is 0 Å². The zero-order valence-corrected chi connectivity index (χ0v) is 19.6. The third-order valence-corrected chi connectivity index (χ3v) is 5.08. The highest BCUT2D eigenvalue weighted by Crippen LogP contribution is 2.32. The number of ether oxygens (including phenoxy) is 3. The number of Topliss-reactive ketones (excluding diaryl/α,β-unsaturated/α-hetero) is 1. The lowest BCUT2D eigenvalue weighted by atomic mass is 10.0. The van der Waals surface area contributed by atoms with Crippen LogP contribution >= 0.6 is 23.2 Å². The van der Waals surface area contributed by atoms with Crippen molar-refractivity contribution in [3.8, 4) is 11.6 Å². The molecule has 1 amide bonds. The van der Waals surface area contributed by atoms with Crippen molar-refractivity contribution in [3.05, 3.63) is 41.3 Å². The van der Waals surface area contributed by atoms with Gasteiger partial charge < -0.3 is 19.5 Å². The Balaban J connectivity index is 2.12. The number of carbonyl (C=O) groups excluding carboxylic acids is 3. The molecule has 1 heterocycles. The van der Waals surface area contributed by atoms with Gasteiger partial charge in [0.1, 0.15) is 5.83 Å². The summed E-state index contributed by atoms with van der Waals surface area (Å²) in [6, 6.07) is 1.54. The number of aromatic nitrogens is 1. The normalized spacial score (nSPS) is 23.5. The molecule has 0 saturated heterocycles. The number of hydrogen-bond acceptors (Lipinski definition) is 7. The number of nitrogens with zero attached hydrogens (tertiary/aromatic N) is 1. The number of carbonyl (C=O) groups is 3. The van der Waals surface area contributed by atoms with Crippen molar-refractivity contribution in [3.63, 3.8) is 0 Å². The van der Waals surface area contributed by atoms with Crippen LogP contribution in [0.5, 0.6) is 11.6 Å². The van der Waals surface area contributed by atoms with Crippen molar-refractivity contribution in [2.45, 2.75) is 43.5 Å². The van der Waals surface area contributed by atoms with Gasteiger partial charge in [-0.25, -0.2) is 14.2 Å². The fraction of sp³-hybridized carbons (Fsp3) is 0.429. The minimum atomic E-state index is -5.19. The fourth-order valence-electron chi connectivity index (χ4n) is 2.75. The molecule has 2 rings (SSSR count). The van der Waals surface area contributed by atoms with E-state index in [2.05, 4.69) is 4.98 Å². The van der Waals surface area contributed by atoms with Crippen molar-refractivity contribution < 1.29 is 46.2 Å². The second kappa shape index (κ2) is 12.7. The fourth-order valence-corrected chi connectivity index (χ4v) is 3.39. The average molecular weight is 543 g/mol. The number of halogens is 6. The van der Waals surface area contributed by atoms with Crippen molar-refractivity contribution in [1.29, 1.82) is 0 Å². The zero-order valence-electron chi connectivity index (χ0n) is 18.1. The lowest BCUT2D eigenvalue weighted by Crippen LogP contribution is -2.40. The highest BCUT2D eigenvalue weighted by molar-refractivity contribution is 6.32. The first kappa shape index (κ1) is 28.4. The Morgan fingerprint density at radius 2 is 2.00 bits per heavy atom. The van der Waals surface area contributed by atoms with E-state index < -0.39 is 60.2 Å². The second-order valence-corrected chi connectivity index (χ2v) is 7.92. The van der Waals surface area contributed by atoms with Gasteiger partial charge in [0, 0.05) is 6.20 Å². The molecule has 0 spiro atoms. The standard InChI is InChI=1S/C21H20Cl2F4N2O6/c1-2-33-18(32)10-34-20-15(4-3-7-28-20)35-19-11(22)5-6-14(13(24)8-12(19)23)29-17(31)9-16(30)21(25,26)27/h3-5,7-8,12,14,19H,2,6,9-10H2,1H3,(H,29,31)/b11-5+,13-8+. The highest BCUT2D eigenvalue weighted by atomic mass is 35.5. The monoisotopic (exact) mass is 542 g/mol. The van der Waals surface area contributed by atoms with Crippen LogP contribution in [-0.4, -0.2) is 59.6 Å². The number of nitrogens with one attached hydrogen (secondary N) is 1. The van der Waals surface area contributed by atoms with E-state index in [1.807, 2.05) is 5.32 Å². The van der Waals surface area contributed by atoms with E-state index in [0.717, 1.165) is 6.08 Å². The van der Waals surface area contributed by atoms with Crippen LogP contribution in [0, 0.1) is 0 Å². The van der Waals surface area contributed by atoms with E-state index in [0.29, 0.717) is 0 Å². The molecule has 192 valence electrons. The maximum absolute atomic E-state index is 14.7. The molecule has 3 unspecified atom stereocenters. The number of hydrogen-bond donors (Lipinski definition) is 1. The first-order valence-electron chi connectivity index (χ1n) is 10.1. The summed E-state index contributed by atoms with van der Waals surface area (Å²) in [7, 11) is 0. The Labute approximate surface area is 207 Å². The van der Waals surface area contributed by atoms with Gasteiger partial charge in [0.05, 0.1) is 29.5 Å². The molecule has 3 atom stereocenters. The van der Waals surface area contributed by atoms with E-state index in [-0.39, 0.29) is 29.7 Å². The Kier molecular flexibility index (Phi) is 10.3. The van der Waals surface area contributed by atoms with Gasteiger partial charge in [0.15, 0.2) is 18.5 Å². The van der Waals surface area contributed by atoms with Gasteiger partial charge in [-0.1, -0.05) is 17.7 Å². The maximum atomic E-state index is 14.7. The molecule has 1 aromatic heterocycles. The topological polar surface area (TPSA) is 104 Å². The van der Waals surface area contributed by atoms with Crippen molar-refractivity contribution in [1.82, 2.24) is 10.3 Å². The van der Waals surface area contributed by atoms with E-state index in [4.69, 9.17) is 37.4 Å². The predicted molar refractivity (Wildman–Crippen MR) is 116 cm³/mol. The Bertz CT molecular complexity index is 1000. The summed E-state index contributed by atoms with van der Waals surface area (Å²) in [4.78, 5) is 38.3. The minimum absolute atomic E-state index is 0.0143. The first-order valence-corrected chi connectivity index (χ1v) is 10.9. The Morgan fingerprint density at radius 3 is 2.66 bits per heavy atom. The molecular formula is C21H20Cl2F4N2O6. The van der Waals surface area contributed by atoms with Gasteiger partial charge in [-0.15, -0.1) is 11.6 Å². The summed E-state index contributed by atoms with van der Waals surface area (Å²) in [6.45, 7) is 1.33. The minimum Gasteiger partial charge on any atom is -0.477 e. The van der Waals surface area contributed by atoms with E-state index in [1.54, 1.807) is 6.92 Å². The Hall–Kier alpha value is -2.86. The van der Waals surface area contributed by atoms with Crippen LogP contribution in [-0.2, 0) is 19.1 Å². The number of ketones is 1. The molecule has 14 heteroatoms. The van der Waals surface area contributed by atoms with Gasteiger partial charge in [0.2, 0.25) is 11.7 Å². The maximum Gasteiger partial charge on any atom is 0.450 e. The van der Waals surface area contributed by atoms with Crippen molar-refractivity contribution >= 4 is 40.9 Å². The van der Waals surface area contributed by atoms with Gasteiger partial charge in [0.25, 0.3) is 5.88 Å². The van der Waals surface area contributed by atoms with Crippen LogP contribution in [0.1, 0.15) is 19.8 Å². The molecule has 1 aromatic rings. The highest BCUT2D eigenvalue weighted by Gasteiger charge is 2.39. The SMILES string of the molecule is CCOC(=O)COc1ncccc1OC1/C(Cl)=C\CC(NC(=O)CC(=O)C(F)(F)F)/C(F)=C\C1Cl. The predicted octanol–water partition coefficient (Wildman–Crippen LogP) is 3.76. The van der Waals surface area contributed by atoms with E-state index in [9.17, 15) is 31.9 Å². The molecule has 0 aliphatic heterocycles. The number of rotatable bonds is 9. The molecular weight excluding hydrogens is 523 g/mol. The third-order valence-electron chi connectivity index (χ3n) is 4.36. The lowest BCUT2D eigenvalue weighted by molar-refractivity contribution is -0.172. The summed E-state index contributed by atoms with van der Waals surface area (Å²) in [6.07, 6.45) is -4.59. The Morgan fingerprint density at radius 1 is 1.29 bits per heavy atom. The molecule has 0 radical (unpaired) electrons. The molecule has 1 N–H and O–H groups in total. The number of esters is 1. The first-order chi connectivity index (χ1) is 16.4. The lowest BCUT2D eigenvalue weighted by Gasteiger charge is -2.26. The quantitative estimate of drug-likeness (QED) is 0.219. The summed E-state index contributed by atoms with van der Waals surface area (Å²) < 4.78 is 67.6. The van der Waals surface area contributed by atoms with Crippen LogP contribution < -0.4 is 14.8 Å². The summed E-state index contributed by atoms with van der Waals surface area (Å²) >= 11 is 12.5. The molecule has 0 bridgehead atoms. The average Bonchev–Trinajstić information content (AvgIpc) is 2.77. The number of amides is 1. The van der Waals surface area contributed by atoms with Crippen LogP contribution in [0.15, 0.2) is 41.3 Å². The van der Waals surface area contributed by atoms with Gasteiger partial charge in [-0.3, -0.25) is 9.59 Å². The van der Waals surface area contributed by atoms with Crippen LogP contribution in [0.2, 0.25) is 0 Å². The van der Waals surface area contributed by atoms with Gasteiger partial charge in [-0.05, 0) is 31.6 Å². The van der Waals surface area contributed by atoms with E-state index in [1.165, 1.54) is 24.4 Å². The molecule has 0 aromatic carbocycles. The van der Waals surface area contributed by atoms with Gasteiger partial charge >= 0.3 is 12.1 Å². The number of pyridine rings is 1. The largest absolute Gasteiger partial charge is 0.477 e. The summed E-state index contributed by atoms with van der Waals surface area (Å²) in [5, 5.41) is 0.756. The summed E-state index contributed by atoms with van der Waals surface area (Å²) in [5.74, 6) is -5.25. The van der Waals surface area contributed by atoms with Gasteiger partial charge in [-0.2, -0.15) is 13.2 Å². The summed E-state index contributed by atoms with van der Waals surface area (Å²) in [5.41, 5.74) is 0. The van der Waals surface area contributed by atoms with Crippen molar-refractivity contribution in [2.75, 3.05) is 13.2 Å². The van der Waals surface area contributed by atoms with Crippen LogP contribution in [0.3, 0.4) is 0 Å². The van der Waals surface area contributed by atoms with Crippen LogP contribution in [0.25, 0.3) is 0 Å². The second-order valence-electron chi connectivity index (χ2n) is 6.98. The van der Waals surface area contributed by atoms with Crippen LogP contribution in [0.4, 0.5) is 17.6 Å². The molecule has 0 saturated carbocycles. The van der Waals surface area contributed by atoms with Crippen molar-refractivity contribution in [2.24, 2.45) is 0 Å². The zero-order chi connectivity index (χ0) is 26.2. The smallest absolute Gasteiger partial charge is 0.450 e. The third kappa shape index (κ3) is 8.70. The molecule has 8 nitrogen and oxygen atoms in total.